The van der Waals surface area contributed by atoms with Crippen LogP contribution in [0.5, 0.6) is 0 Å². The highest BCUT2D eigenvalue weighted by molar-refractivity contribution is 5.53. The first-order chi connectivity index (χ1) is 11.7. The fraction of sp³-hybridized carbons (Fsp3) is 0.294. The minimum absolute atomic E-state index is 0.114. The van der Waals surface area contributed by atoms with Crippen LogP contribution < -0.4 is 4.90 Å². The predicted molar refractivity (Wildman–Crippen MR) is 89.5 cm³/mol. The van der Waals surface area contributed by atoms with Gasteiger partial charge in [0, 0.05) is 51.1 Å². The molecule has 7 heteroatoms. The Kier molecular flexibility index (Phi) is 4.68. The molecule has 1 aromatic carbocycles. The molecule has 0 unspecified atom stereocenters. The third-order valence-corrected chi connectivity index (χ3v) is 4.13. The van der Waals surface area contributed by atoms with Crippen molar-refractivity contribution < 1.29 is 4.92 Å². The Morgan fingerprint density at radius 3 is 2.50 bits per heavy atom. The molecule has 0 bridgehead atoms. The molecule has 122 valence electrons. The number of hydrogen-bond acceptors (Lipinski definition) is 6. The van der Waals surface area contributed by atoms with E-state index in [4.69, 9.17) is 0 Å². The molecule has 1 aromatic heterocycles. The molecule has 7 nitrogen and oxygen atoms in total. The van der Waals surface area contributed by atoms with E-state index in [-0.39, 0.29) is 10.6 Å². The molecule has 0 saturated carbocycles. The van der Waals surface area contributed by atoms with Gasteiger partial charge in [0.15, 0.2) is 0 Å². The number of nitro groups is 1. The minimum Gasteiger partial charge on any atom is -0.353 e. The smallest absolute Gasteiger partial charge is 0.269 e. The summed E-state index contributed by atoms with van der Waals surface area (Å²) < 4.78 is 0. The number of nitriles is 1. The first-order valence-corrected chi connectivity index (χ1v) is 7.73. The van der Waals surface area contributed by atoms with Gasteiger partial charge < -0.3 is 4.90 Å². The van der Waals surface area contributed by atoms with Gasteiger partial charge in [-0.1, -0.05) is 12.1 Å². The second-order valence-corrected chi connectivity index (χ2v) is 5.67. The summed E-state index contributed by atoms with van der Waals surface area (Å²) in [5.41, 5.74) is 1.77. The maximum Gasteiger partial charge on any atom is 0.269 e. The van der Waals surface area contributed by atoms with Crippen molar-refractivity contribution in [2.45, 2.75) is 6.54 Å². The number of anilines is 1. The second-order valence-electron chi connectivity index (χ2n) is 5.67. The van der Waals surface area contributed by atoms with Crippen LogP contribution in [0.15, 0.2) is 42.6 Å². The Morgan fingerprint density at radius 2 is 1.88 bits per heavy atom. The van der Waals surface area contributed by atoms with Gasteiger partial charge in [0.1, 0.15) is 11.9 Å². The number of benzene rings is 1. The summed E-state index contributed by atoms with van der Waals surface area (Å²) in [6.07, 6.45) is 1.71. The van der Waals surface area contributed by atoms with Gasteiger partial charge in [0.05, 0.1) is 10.5 Å². The maximum atomic E-state index is 10.7. The average molecular weight is 323 g/mol. The summed E-state index contributed by atoms with van der Waals surface area (Å²) in [6.45, 7) is 4.09. The number of pyridine rings is 1. The first-order valence-electron chi connectivity index (χ1n) is 7.73. The van der Waals surface area contributed by atoms with Crippen LogP contribution >= 0.6 is 0 Å². The topological polar surface area (TPSA) is 86.3 Å². The van der Waals surface area contributed by atoms with Crippen LogP contribution in [0.4, 0.5) is 11.5 Å². The number of nitrogens with zero attached hydrogens (tertiary/aromatic N) is 5. The molecule has 0 amide bonds. The third kappa shape index (κ3) is 3.50. The lowest BCUT2D eigenvalue weighted by atomic mass is 10.1. The van der Waals surface area contributed by atoms with Gasteiger partial charge in [0.2, 0.25) is 0 Å². The van der Waals surface area contributed by atoms with E-state index < -0.39 is 0 Å². The fourth-order valence-electron chi connectivity index (χ4n) is 2.84. The van der Waals surface area contributed by atoms with Gasteiger partial charge in [-0.05, 0) is 17.7 Å². The molecular weight excluding hydrogens is 306 g/mol. The van der Waals surface area contributed by atoms with E-state index in [1.54, 1.807) is 42.6 Å². The lowest BCUT2D eigenvalue weighted by molar-refractivity contribution is -0.384. The normalized spacial score (nSPS) is 15.0. The quantitative estimate of drug-likeness (QED) is 0.633. The SMILES string of the molecule is N#Cc1cccnc1N1CCN(Cc2ccc([N+](=O)[O-])cc2)CC1. The molecule has 0 spiro atoms. The Bertz CT molecular complexity index is 761. The van der Waals surface area contributed by atoms with Gasteiger partial charge in [-0.25, -0.2) is 4.98 Å². The molecule has 1 aliphatic rings. The summed E-state index contributed by atoms with van der Waals surface area (Å²) >= 11 is 0. The maximum absolute atomic E-state index is 10.7. The third-order valence-electron chi connectivity index (χ3n) is 4.13. The number of nitro benzene ring substituents is 1. The number of rotatable bonds is 4. The van der Waals surface area contributed by atoms with E-state index in [1.165, 1.54) is 0 Å². The highest BCUT2D eigenvalue weighted by Gasteiger charge is 2.20. The van der Waals surface area contributed by atoms with E-state index in [0.29, 0.717) is 5.56 Å². The van der Waals surface area contributed by atoms with E-state index in [0.717, 1.165) is 44.1 Å². The zero-order chi connectivity index (χ0) is 16.9. The van der Waals surface area contributed by atoms with Gasteiger partial charge in [-0.3, -0.25) is 15.0 Å². The highest BCUT2D eigenvalue weighted by Crippen LogP contribution is 2.19. The van der Waals surface area contributed by atoms with Crippen molar-refractivity contribution in [1.29, 1.82) is 5.26 Å². The van der Waals surface area contributed by atoms with E-state index >= 15 is 0 Å². The Morgan fingerprint density at radius 1 is 1.17 bits per heavy atom. The predicted octanol–water partition coefficient (Wildman–Crippen LogP) is 2.18. The molecule has 0 aliphatic carbocycles. The van der Waals surface area contributed by atoms with Gasteiger partial charge in [-0.2, -0.15) is 5.26 Å². The highest BCUT2D eigenvalue weighted by atomic mass is 16.6. The van der Waals surface area contributed by atoms with Crippen LogP contribution in [0.2, 0.25) is 0 Å². The molecule has 0 atom stereocenters. The monoisotopic (exact) mass is 323 g/mol. The summed E-state index contributed by atoms with van der Waals surface area (Å²) in [4.78, 5) is 19.1. The molecule has 1 fully saturated rings. The zero-order valence-electron chi connectivity index (χ0n) is 13.1. The lowest BCUT2D eigenvalue weighted by Gasteiger charge is -2.35. The fourth-order valence-corrected chi connectivity index (χ4v) is 2.84. The molecule has 3 rings (SSSR count). The number of aromatic nitrogens is 1. The molecule has 1 saturated heterocycles. The van der Waals surface area contributed by atoms with Crippen LogP contribution in [-0.4, -0.2) is 41.0 Å². The Labute approximate surface area is 139 Å². The van der Waals surface area contributed by atoms with E-state index in [9.17, 15) is 15.4 Å². The van der Waals surface area contributed by atoms with E-state index in [2.05, 4.69) is 20.9 Å². The van der Waals surface area contributed by atoms with Gasteiger partial charge in [-0.15, -0.1) is 0 Å². The molecule has 24 heavy (non-hydrogen) atoms. The first kappa shape index (κ1) is 15.9. The van der Waals surface area contributed by atoms with Crippen molar-refractivity contribution >= 4 is 11.5 Å². The number of hydrogen-bond donors (Lipinski definition) is 0. The summed E-state index contributed by atoms with van der Waals surface area (Å²) in [7, 11) is 0. The van der Waals surface area contributed by atoms with Crippen molar-refractivity contribution in [2.24, 2.45) is 0 Å². The summed E-state index contributed by atoms with van der Waals surface area (Å²) in [6, 6.07) is 12.4. The molecule has 0 radical (unpaired) electrons. The van der Waals surface area contributed by atoms with Crippen molar-refractivity contribution in [2.75, 3.05) is 31.1 Å². The largest absolute Gasteiger partial charge is 0.353 e. The lowest BCUT2D eigenvalue weighted by Crippen LogP contribution is -2.46. The molecule has 1 aliphatic heterocycles. The van der Waals surface area contributed by atoms with E-state index in [1.807, 2.05) is 0 Å². The summed E-state index contributed by atoms with van der Waals surface area (Å²) in [5.74, 6) is 0.745. The van der Waals surface area contributed by atoms with Crippen LogP contribution in [0, 0.1) is 21.4 Å². The van der Waals surface area contributed by atoms with Crippen molar-refractivity contribution in [3.05, 3.63) is 63.8 Å². The van der Waals surface area contributed by atoms with Crippen molar-refractivity contribution in [3.8, 4) is 6.07 Å². The zero-order valence-corrected chi connectivity index (χ0v) is 13.1. The minimum atomic E-state index is -0.387. The van der Waals surface area contributed by atoms with Crippen LogP contribution in [-0.2, 0) is 6.54 Å². The Hall–Kier alpha value is -2.98. The molecular formula is C17H17N5O2. The molecule has 0 N–H and O–H groups in total. The average Bonchev–Trinajstić information content (AvgIpc) is 2.63. The molecule has 2 heterocycles. The second kappa shape index (κ2) is 7.06. The van der Waals surface area contributed by atoms with Crippen LogP contribution in [0.25, 0.3) is 0 Å². The van der Waals surface area contributed by atoms with Crippen LogP contribution in [0.1, 0.15) is 11.1 Å². The standard InChI is InChI=1S/C17H17N5O2/c18-12-15-2-1-7-19-17(15)21-10-8-20(9-11-21)13-14-3-5-16(6-4-14)22(23)24/h1-7H,8-11,13H2. The van der Waals surface area contributed by atoms with Crippen molar-refractivity contribution in [3.63, 3.8) is 0 Å². The summed E-state index contributed by atoms with van der Waals surface area (Å²) in [5, 5.41) is 19.9. The van der Waals surface area contributed by atoms with Crippen molar-refractivity contribution in [1.82, 2.24) is 9.88 Å². The Balaban J connectivity index is 1.59. The van der Waals surface area contributed by atoms with Gasteiger partial charge in [0.25, 0.3) is 5.69 Å². The van der Waals surface area contributed by atoms with Gasteiger partial charge >= 0.3 is 0 Å². The number of non-ortho nitro benzene ring substituents is 1. The van der Waals surface area contributed by atoms with Crippen LogP contribution in [0.3, 0.4) is 0 Å². The molecule has 2 aromatic rings. The number of piperazine rings is 1.